The molecule has 0 spiro atoms. The van der Waals surface area contributed by atoms with Crippen molar-refractivity contribution in [2.75, 3.05) is 0 Å². The summed E-state index contributed by atoms with van der Waals surface area (Å²) in [6.45, 7) is 0. The van der Waals surface area contributed by atoms with E-state index in [9.17, 15) is 0 Å². The summed E-state index contributed by atoms with van der Waals surface area (Å²) in [4.78, 5) is 4.33. The Morgan fingerprint density at radius 3 is 1.60 bits per heavy atom. The van der Waals surface area contributed by atoms with Crippen LogP contribution < -0.4 is 0 Å². The van der Waals surface area contributed by atoms with Crippen LogP contribution in [0.4, 0.5) is 0 Å². The van der Waals surface area contributed by atoms with Crippen molar-refractivity contribution >= 4 is 90.4 Å². The van der Waals surface area contributed by atoms with Crippen molar-refractivity contribution in [3.05, 3.63) is 20.6 Å². The topological polar surface area (TPSA) is 12.9 Å². The fraction of sp³-hybridized carbons (Fsp3) is 0. The van der Waals surface area contributed by atoms with E-state index in [0.29, 0.717) is 0 Å². The first kappa shape index (κ1) is 10.2. The molecule has 0 atom stereocenters. The average Bonchev–Trinajstić information content (AvgIpc) is 1.84. The molecule has 1 rings (SSSR count). The van der Waals surface area contributed by atoms with Gasteiger partial charge in [0.25, 0.3) is 0 Å². The van der Waals surface area contributed by atoms with Crippen molar-refractivity contribution in [1.29, 1.82) is 0 Å². The van der Waals surface area contributed by atoms with Crippen LogP contribution in [0.5, 0.6) is 0 Å². The zero-order valence-electron chi connectivity index (χ0n) is 4.54. The Hall–Kier alpha value is 2.07. The van der Waals surface area contributed by atoms with Crippen LogP contribution in [-0.4, -0.2) is 4.98 Å². The minimum atomic E-state index is 1.09. The van der Waals surface area contributed by atoms with E-state index in [2.05, 4.69) is 101 Å². The van der Waals surface area contributed by atoms with Crippen molar-refractivity contribution in [3.8, 4) is 0 Å². The van der Waals surface area contributed by atoms with Crippen LogP contribution in [0.3, 0.4) is 0 Å². The Kier molecular flexibility index (Phi) is 4.41. The lowest BCUT2D eigenvalue weighted by atomic mass is 10.5. The van der Waals surface area contributed by atoms with Crippen molar-refractivity contribution in [1.82, 2.24) is 4.98 Å². The Labute approximate surface area is 114 Å². The predicted octanol–water partition coefficient (Wildman–Crippen LogP) is 3.50. The maximum absolute atomic E-state index is 4.33. The Bertz CT molecular complexity index is 210. The zero-order chi connectivity index (χ0) is 7.72. The lowest BCUT2D eigenvalue weighted by Gasteiger charge is -1.97. The molecule has 5 heteroatoms. The maximum Gasteiger partial charge on any atom is 0.115 e. The van der Waals surface area contributed by atoms with Gasteiger partial charge in [0.05, 0.1) is 0 Å². The molecule has 0 bridgehead atoms. The van der Waals surface area contributed by atoms with Crippen LogP contribution in [-0.2, 0) is 0 Å². The van der Waals surface area contributed by atoms with Crippen LogP contribution in [0.15, 0.2) is 6.07 Å². The summed E-state index contributed by atoms with van der Waals surface area (Å²) in [7, 11) is 0. The first-order valence-electron chi connectivity index (χ1n) is 2.28. The van der Waals surface area contributed by atoms with Gasteiger partial charge in [-0.1, -0.05) is 0 Å². The number of nitrogens with zero attached hydrogens (tertiary/aromatic N) is 1. The average molecular weight is 583 g/mol. The van der Waals surface area contributed by atoms with E-state index in [1.165, 1.54) is 7.14 Å². The number of hydrogen-bond donors (Lipinski definition) is 0. The van der Waals surface area contributed by atoms with E-state index >= 15 is 0 Å². The molecule has 0 unspecified atom stereocenters. The van der Waals surface area contributed by atoms with Crippen LogP contribution in [0.1, 0.15) is 0 Å². The summed E-state index contributed by atoms with van der Waals surface area (Å²) in [5.41, 5.74) is 0. The van der Waals surface area contributed by atoms with Crippen LogP contribution in [0, 0.1) is 14.5 Å². The lowest BCUT2D eigenvalue weighted by molar-refractivity contribution is 1.18. The van der Waals surface area contributed by atoms with E-state index in [4.69, 9.17) is 0 Å². The van der Waals surface area contributed by atoms with Gasteiger partial charge >= 0.3 is 0 Å². The highest BCUT2D eigenvalue weighted by atomic mass is 127. The van der Waals surface area contributed by atoms with Crippen molar-refractivity contribution in [2.45, 2.75) is 0 Å². The fourth-order valence-corrected chi connectivity index (χ4v) is 3.14. The normalized spacial score (nSPS) is 10.0. The van der Waals surface area contributed by atoms with Gasteiger partial charge in [0, 0.05) is 7.14 Å². The summed E-state index contributed by atoms with van der Waals surface area (Å²) in [5, 5.41) is 0. The molecule has 1 aromatic rings. The van der Waals surface area contributed by atoms with Crippen molar-refractivity contribution in [2.24, 2.45) is 0 Å². The van der Waals surface area contributed by atoms with Crippen molar-refractivity contribution < 1.29 is 0 Å². The molecule has 0 aliphatic carbocycles. The molecule has 0 aromatic carbocycles. The number of halogens is 4. The second-order valence-corrected chi connectivity index (χ2v) is 5.90. The Morgan fingerprint density at radius 2 is 1.30 bits per heavy atom. The molecule has 10 heavy (non-hydrogen) atoms. The molecular formula is C5HI4N. The largest absolute Gasteiger partial charge is 0.234 e. The van der Waals surface area contributed by atoms with E-state index in [1.807, 2.05) is 0 Å². The van der Waals surface area contributed by atoms with Gasteiger partial charge in [-0.3, -0.25) is 0 Å². The number of rotatable bonds is 0. The second-order valence-electron chi connectivity index (χ2n) is 1.53. The van der Waals surface area contributed by atoms with Gasteiger partial charge in [0.15, 0.2) is 0 Å². The quantitative estimate of drug-likeness (QED) is 0.337. The molecule has 0 saturated heterocycles. The fourth-order valence-electron chi connectivity index (χ4n) is 0.423. The summed E-state index contributed by atoms with van der Waals surface area (Å²) in [6, 6.07) is 2.14. The summed E-state index contributed by atoms with van der Waals surface area (Å²) >= 11 is 9.06. The van der Waals surface area contributed by atoms with Gasteiger partial charge in [-0.2, -0.15) is 0 Å². The zero-order valence-corrected chi connectivity index (χ0v) is 13.2. The minimum absolute atomic E-state index is 1.09. The first-order valence-corrected chi connectivity index (χ1v) is 6.60. The predicted molar refractivity (Wildman–Crippen MR) is 75.1 cm³/mol. The van der Waals surface area contributed by atoms with Gasteiger partial charge in [0.1, 0.15) is 7.40 Å². The number of pyridine rings is 1. The third kappa shape index (κ3) is 2.54. The number of aromatic nitrogens is 1. The minimum Gasteiger partial charge on any atom is -0.234 e. The van der Waals surface area contributed by atoms with Gasteiger partial charge in [-0.25, -0.2) is 4.98 Å². The molecule has 1 heterocycles. The first-order chi connectivity index (χ1) is 4.61. The van der Waals surface area contributed by atoms with E-state index in [-0.39, 0.29) is 0 Å². The second kappa shape index (κ2) is 4.35. The summed E-state index contributed by atoms with van der Waals surface area (Å²) < 4.78 is 4.62. The molecule has 0 amide bonds. The van der Waals surface area contributed by atoms with Gasteiger partial charge in [0.2, 0.25) is 0 Å². The van der Waals surface area contributed by atoms with Gasteiger partial charge in [-0.15, -0.1) is 0 Å². The standard InChI is InChI=1S/C5HI4N/c6-2-1-3(7)5(9)10-4(2)8/h1H. The molecule has 0 N–H and O–H groups in total. The number of hydrogen-bond acceptors (Lipinski definition) is 1. The van der Waals surface area contributed by atoms with Gasteiger partial charge in [-0.05, 0) is 96.4 Å². The Morgan fingerprint density at radius 1 is 0.900 bits per heavy atom. The third-order valence-electron chi connectivity index (χ3n) is 0.844. The molecule has 0 aliphatic heterocycles. The highest BCUT2D eigenvalue weighted by molar-refractivity contribution is 14.1. The van der Waals surface area contributed by atoms with Gasteiger partial charge < -0.3 is 0 Å². The van der Waals surface area contributed by atoms with Crippen molar-refractivity contribution in [3.63, 3.8) is 0 Å². The molecule has 0 aliphatic rings. The smallest absolute Gasteiger partial charge is 0.115 e. The molecule has 1 aromatic heterocycles. The third-order valence-corrected chi connectivity index (χ3v) is 6.20. The van der Waals surface area contributed by atoms with E-state index in [0.717, 1.165) is 7.40 Å². The molecule has 0 radical (unpaired) electrons. The highest BCUT2D eigenvalue weighted by Crippen LogP contribution is 2.19. The Balaban J connectivity index is 3.28. The molecule has 54 valence electrons. The van der Waals surface area contributed by atoms with Crippen LogP contribution in [0.25, 0.3) is 0 Å². The highest BCUT2D eigenvalue weighted by Gasteiger charge is 2.02. The van der Waals surface area contributed by atoms with Crippen LogP contribution >= 0.6 is 90.4 Å². The summed E-state index contributed by atoms with van der Waals surface area (Å²) in [5.74, 6) is 0. The van der Waals surface area contributed by atoms with E-state index < -0.39 is 0 Å². The SMILES string of the molecule is Ic1cc(I)c(I)nc1I. The molecule has 0 fully saturated rings. The lowest BCUT2D eigenvalue weighted by Crippen LogP contribution is -1.92. The molecular weight excluding hydrogens is 582 g/mol. The monoisotopic (exact) mass is 583 g/mol. The molecule has 0 saturated carbocycles. The summed E-state index contributed by atoms with van der Waals surface area (Å²) in [6.07, 6.45) is 0. The van der Waals surface area contributed by atoms with Crippen LogP contribution in [0.2, 0.25) is 0 Å². The molecule has 1 nitrogen and oxygen atoms in total. The maximum atomic E-state index is 4.33. The van der Waals surface area contributed by atoms with E-state index in [1.54, 1.807) is 0 Å².